The first-order valence-corrected chi connectivity index (χ1v) is 11.5. The van der Waals surface area contributed by atoms with Gasteiger partial charge in [-0.05, 0) is 63.0 Å². The lowest BCUT2D eigenvalue weighted by atomic mass is 9.76. The Kier molecular flexibility index (Phi) is 5.93. The normalized spacial score (nSPS) is 15.0. The number of aliphatic hydroxyl groups is 1. The predicted octanol–water partition coefficient (Wildman–Crippen LogP) is 5.41. The minimum absolute atomic E-state index is 0.177. The Labute approximate surface area is 189 Å². The van der Waals surface area contributed by atoms with E-state index >= 15 is 0 Å². The van der Waals surface area contributed by atoms with Gasteiger partial charge in [-0.25, -0.2) is 0 Å². The molecule has 4 rings (SSSR count). The van der Waals surface area contributed by atoms with Crippen molar-refractivity contribution in [3.8, 4) is 23.0 Å². The summed E-state index contributed by atoms with van der Waals surface area (Å²) in [5.41, 5.74) is 7.43. The van der Waals surface area contributed by atoms with E-state index in [-0.39, 0.29) is 11.2 Å². The van der Waals surface area contributed by atoms with Crippen molar-refractivity contribution in [3.05, 3.63) is 46.6 Å². The molecule has 0 unspecified atom stereocenters. The molecule has 0 fully saturated rings. The first-order chi connectivity index (χ1) is 15.2. The third kappa shape index (κ3) is 4.20. The standard InChI is InChI=1S/C25H33N5O2/c1-7-17-13-19(16(4)26-20(17)10-9-15(3)31)23-27-24(32-29-23)22-18-11-12-25(5,6)14-21(18)30(8-2)28-22/h13,31H,3,7-12,14H2,1-2,4-6H3. The summed E-state index contributed by atoms with van der Waals surface area (Å²) >= 11 is 0. The number of aryl methyl sites for hydroxylation is 4. The summed E-state index contributed by atoms with van der Waals surface area (Å²) in [7, 11) is 0. The van der Waals surface area contributed by atoms with Crippen molar-refractivity contribution in [1.82, 2.24) is 24.9 Å². The van der Waals surface area contributed by atoms with E-state index in [9.17, 15) is 5.11 Å². The highest BCUT2D eigenvalue weighted by molar-refractivity contribution is 5.63. The zero-order chi connectivity index (χ0) is 23.0. The fraction of sp³-hybridized carbons (Fsp3) is 0.520. The van der Waals surface area contributed by atoms with Crippen LogP contribution < -0.4 is 0 Å². The lowest BCUT2D eigenvalue weighted by molar-refractivity contribution is 0.304. The van der Waals surface area contributed by atoms with Crippen molar-refractivity contribution >= 4 is 0 Å². The molecule has 170 valence electrons. The molecule has 0 radical (unpaired) electrons. The van der Waals surface area contributed by atoms with E-state index in [0.29, 0.717) is 24.6 Å². The van der Waals surface area contributed by atoms with Crippen LogP contribution in [-0.2, 0) is 32.2 Å². The quantitative estimate of drug-likeness (QED) is 0.499. The third-order valence-electron chi connectivity index (χ3n) is 6.45. The van der Waals surface area contributed by atoms with Crippen molar-refractivity contribution in [1.29, 1.82) is 0 Å². The Bertz CT molecular complexity index is 1160. The van der Waals surface area contributed by atoms with Gasteiger partial charge in [0.2, 0.25) is 5.82 Å². The van der Waals surface area contributed by atoms with Crippen LogP contribution in [-0.4, -0.2) is 30.0 Å². The highest BCUT2D eigenvalue weighted by Gasteiger charge is 2.32. The number of nitrogens with zero attached hydrogens (tertiary/aromatic N) is 5. The Morgan fingerprint density at radius 3 is 2.75 bits per heavy atom. The number of fused-ring (bicyclic) bond motifs is 1. The number of aromatic nitrogens is 5. The van der Waals surface area contributed by atoms with Crippen LogP contribution in [0.1, 0.15) is 68.7 Å². The van der Waals surface area contributed by atoms with Crippen molar-refractivity contribution in [2.75, 3.05) is 0 Å². The van der Waals surface area contributed by atoms with Crippen molar-refractivity contribution in [2.45, 2.75) is 79.7 Å². The van der Waals surface area contributed by atoms with Gasteiger partial charge in [0.05, 0.1) is 5.76 Å². The first-order valence-electron chi connectivity index (χ1n) is 11.5. The topological polar surface area (TPSA) is 89.9 Å². The van der Waals surface area contributed by atoms with Crippen LogP contribution in [0.5, 0.6) is 0 Å². The maximum Gasteiger partial charge on any atom is 0.279 e. The van der Waals surface area contributed by atoms with Crippen molar-refractivity contribution < 1.29 is 9.63 Å². The molecule has 7 heteroatoms. The number of pyridine rings is 1. The molecule has 0 saturated heterocycles. The zero-order valence-electron chi connectivity index (χ0n) is 19.8. The molecule has 0 saturated carbocycles. The lowest BCUT2D eigenvalue weighted by Gasteiger charge is -2.30. The Balaban J connectivity index is 1.70. The van der Waals surface area contributed by atoms with E-state index in [1.54, 1.807) is 0 Å². The van der Waals surface area contributed by atoms with Gasteiger partial charge in [0.1, 0.15) is 0 Å². The molecule has 1 aliphatic carbocycles. The Hall–Kier alpha value is -2.96. The highest BCUT2D eigenvalue weighted by atomic mass is 16.5. The van der Waals surface area contributed by atoms with E-state index < -0.39 is 0 Å². The van der Waals surface area contributed by atoms with Gasteiger partial charge < -0.3 is 9.63 Å². The first kappa shape index (κ1) is 22.2. The summed E-state index contributed by atoms with van der Waals surface area (Å²) in [4.78, 5) is 9.52. The molecule has 1 aliphatic rings. The molecule has 32 heavy (non-hydrogen) atoms. The summed E-state index contributed by atoms with van der Waals surface area (Å²) in [5.74, 6) is 1.19. The van der Waals surface area contributed by atoms with Crippen LogP contribution in [0.2, 0.25) is 0 Å². The van der Waals surface area contributed by atoms with Gasteiger partial charge in [-0.3, -0.25) is 9.67 Å². The van der Waals surface area contributed by atoms with Crippen molar-refractivity contribution in [3.63, 3.8) is 0 Å². The monoisotopic (exact) mass is 435 g/mol. The second-order valence-corrected chi connectivity index (χ2v) is 9.50. The van der Waals surface area contributed by atoms with Crippen LogP contribution in [0.3, 0.4) is 0 Å². The Morgan fingerprint density at radius 2 is 2.06 bits per heavy atom. The van der Waals surface area contributed by atoms with Gasteiger partial charge in [0.25, 0.3) is 5.89 Å². The zero-order valence-corrected chi connectivity index (χ0v) is 19.8. The summed E-state index contributed by atoms with van der Waals surface area (Å²) in [6.07, 6.45) is 5.10. The van der Waals surface area contributed by atoms with Crippen molar-refractivity contribution in [2.24, 2.45) is 5.41 Å². The fourth-order valence-electron chi connectivity index (χ4n) is 4.57. The molecule has 7 nitrogen and oxygen atoms in total. The number of hydrogen-bond donors (Lipinski definition) is 1. The van der Waals surface area contributed by atoms with Gasteiger partial charge in [0, 0.05) is 41.2 Å². The predicted molar refractivity (Wildman–Crippen MR) is 124 cm³/mol. The molecule has 0 aromatic carbocycles. The third-order valence-corrected chi connectivity index (χ3v) is 6.45. The summed E-state index contributed by atoms with van der Waals surface area (Å²) in [6.45, 7) is 15.2. The van der Waals surface area contributed by atoms with Gasteiger partial charge in [-0.2, -0.15) is 10.1 Å². The molecule has 0 bridgehead atoms. The summed E-state index contributed by atoms with van der Waals surface area (Å²) in [6, 6.07) is 2.09. The second-order valence-electron chi connectivity index (χ2n) is 9.50. The van der Waals surface area contributed by atoms with Crippen LogP contribution in [0, 0.1) is 12.3 Å². The number of aliphatic hydroxyl groups excluding tert-OH is 1. The van der Waals surface area contributed by atoms with E-state index in [1.165, 1.54) is 11.3 Å². The molecule has 0 amide bonds. The minimum atomic E-state index is 0.177. The highest BCUT2D eigenvalue weighted by Crippen LogP contribution is 2.39. The molecule has 1 N–H and O–H groups in total. The van der Waals surface area contributed by atoms with E-state index in [4.69, 9.17) is 19.6 Å². The second kappa shape index (κ2) is 8.52. The van der Waals surface area contributed by atoms with Gasteiger partial charge in [0.15, 0.2) is 5.69 Å². The number of hydrogen-bond acceptors (Lipinski definition) is 6. The molecule has 3 aromatic rings. The molecule has 0 spiro atoms. The average molecular weight is 436 g/mol. The Morgan fingerprint density at radius 1 is 1.28 bits per heavy atom. The van der Waals surface area contributed by atoms with Crippen LogP contribution in [0.15, 0.2) is 22.9 Å². The van der Waals surface area contributed by atoms with E-state index in [1.807, 2.05) is 6.92 Å². The van der Waals surface area contributed by atoms with Gasteiger partial charge in [-0.15, -0.1) is 0 Å². The number of rotatable bonds is 7. The maximum absolute atomic E-state index is 9.46. The number of allylic oxidation sites excluding steroid dienone is 1. The average Bonchev–Trinajstić information content (AvgIpc) is 3.35. The largest absolute Gasteiger partial charge is 0.513 e. The molecular formula is C25H33N5O2. The van der Waals surface area contributed by atoms with Crippen LogP contribution in [0.4, 0.5) is 0 Å². The van der Waals surface area contributed by atoms with Crippen LogP contribution in [0.25, 0.3) is 23.0 Å². The molecule has 0 aliphatic heterocycles. The lowest BCUT2D eigenvalue weighted by Crippen LogP contribution is -2.24. The molecular weight excluding hydrogens is 402 g/mol. The van der Waals surface area contributed by atoms with E-state index in [0.717, 1.165) is 60.4 Å². The minimum Gasteiger partial charge on any atom is -0.513 e. The van der Waals surface area contributed by atoms with Gasteiger partial charge in [-0.1, -0.05) is 32.5 Å². The SMILES string of the molecule is C=C(O)CCc1nc(C)c(-c2noc(-c3nn(CC)c4c3CCC(C)(C)C4)n2)cc1CC. The summed E-state index contributed by atoms with van der Waals surface area (Å²) < 4.78 is 7.79. The summed E-state index contributed by atoms with van der Waals surface area (Å²) in [5, 5.41) is 18.6. The molecule has 3 aromatic heterocycles. The maximum atomic E-state index is 9.46. The van der Waals surface area contributed by atoms with Crippen LogP contribution >= 0.6 is 0 Å². The smallest absolute Gasteiger partial charge is 0.279 e. The van der Waals surface area contributed by atoms with E-state index in [2.05, 4.69) is 50.2 Å². The molecule has 0 atom stereocenters. The fourth-order valence-corrected chi connectivity index (χ4v) is 4.57. The van der Waals surface area contributed by atoms with Gasteiger partial charge >= 0.3 is 0 Å². The molecule has 3 heterocycles.